The number of nitrogens with one attached hydrogen (secondary N) is 2. The Morgan fingerprint density at radius 1 is 1.33 bits per heavy atom. The second kappa shape index (κ2) is 3.67. The topological polar surface area (TPSA) is 50.4 Å². The first-order valence-electron chi connectivity index (χ1n) is 5.65. The second-order valence-corrected chi connectivity index (χ2v) is 5.66. The predicted molar refractivity (Wildman–Crippen MR) is 57.6 cm³/mol. The molecule has 86 valence electrons. The third kappa shape index (κ3) is 2.43. The number of amides is 1. The molecule has 2 atom stereocenters. The summed E-state index contributed by atoms with van der Waals surface area (Å²) in [7, 11) is 0. The van der Waals surface area contributed by atoms with E-state index in [4.69, 9.17) is 4.74 Å². The zero-order valence-corrected chi connectivity index (χ0v) is 9.67. The van der Waals surface area contributed by atoms with Gasteiger partial charge in [-0.2, -0.15) is 0 Å². The number of carbonyl (C=O) groups is 1. The van der Waals surface area contributed by atoms with E-state index >= 15 is 0 Å². The average molecular weight is 212 g/mol. The van der Waals surface area contributed by atoms with Crippen LogP contribution < -0.4 is 10.6 Å². The van der Waals surface area contributed by atoms with Crippen molar-refractivity contribution in [3.63, 3.8) is 0 Å². The summed E-state index contributed by atoms with van der Waals surface area (Å²) in [5.74, 6) is 1.07. The highest BCUT2D eigenvalue weighted by molar-refractivity contribution is 5.68. The SMILES string of the molecule is CC(C)(C)NC(=O)OC1C2CNCC1C2. The molecular formula is C11H20N2O2. The lowest BCUT2D eigenvalue weighted by Crippen LogP contribution is -2.59. The van der Waals surface area contributed by atoms with Crippen molar-refractivity contribution in [1.82, 2.24) is 10.6 Å². The summed E-state index contributed by atoms with van der Waals surface area (Å²) in [6, 6.07) is 0. The van der Waals surface area contributed by atoms with Gasteiger partial charge < -0.3 is 15.4 Å². The molecule has 1 saturated carbocycles. The summed E-state index contributed by atoms with van der Waals surface area (Å²) >= 11 is 0. The van der Waals surface area contributed by atoms with Crippen LogP contribution in [-0.2, 0) is 4.74 Å². The number of hydrogen-bond acceptors (Lipinski definition) is 3. The molecule has 0 radical (unpaired) electrons. The summed E-state index contributed by atoms with van der Waals surface area (Å²) in [5.41, 5.74) is -0.214. The van der Waals surface area contributed by atoms with Crippen LogP contribution in [0.1, 0.15) is 27.2 Å². The quantitative estimate of drug-likeness (QED) is 0.685. The Morgan fingerprint density at radius 3 is 2.40 bits per heavy atom. The Bertz CT molecular complexity index is 246. The van der Waals surface area contributed by atoms with Crippen LogP contribution in [0.4, 0.5) is 4.79 Å². The lowest BCUT2D eigenvalue weighted by Gasteiger charge is -2.48. The van der Waals surface area contributed by atoms with Gasteiger partial charge in [0.2, 0.25) is 0 Å². The van der Waals surface area contributed by atoms with E-state index in [9.17, 15) is 4.79 Å². The molecule has 2 N–H and O–H groups in total. The fraction of sp³-hybridized carbons (Fsp3) is 0.909. The van der Waals surface area contributed by atoms with Crippen molar-refractivity contribution >= 4 is 6.09 Å². The van der Waals surface area contributed by atoms with Crippen molar-refractivity contribution in [2.45, 2.75) is 38.8 Å². The lowest BCUT2D eigenvalue weighted by molar-refractivity contribution is -0.0724. The Balaban J connectivity index is 1.80. The second-order valence-electron chi connectivity index (χ2n) is 5.66. The molecule has 2 aliphatic heterocycles. The molecule has 4 heteroatoms. The first-order valence-corrected chi connectivity index (χ1v) is 5.65. The van der Waals surface area contributed by atoms with Gasteiger partial charge in [0.05, 0.1) is 0 Å². The largest absolute Gasteiger partial charge is 0.446 e. The van der Waals surface area contributed by atoms with Crippen LogP contribution in [0.3, 0.4) is 0 Å². The molecule has 3 aliphatic rings. The third-order valence-electron chi connectivity index (χ3n) is 3.07. The van der Waals surface area contributed by atoms with Gasteiger partial charge in [-0.25, -0.2) is 4.79 Å². The van der Waals surface area contributed by atoms with Crippen LogP contribution in [0.15, 0.2) is 0 Å². The summed E-state index contributed by atoms with van der Waals surface area (Å²) in [5, 5.41) is 6.15. The molecule has 2 saturated heterocycles. The van der Waals surface area contributed by atoms with E-state index in [2.05, 4.69) is 10.6 Å². The molecule has 15 heavy (non-hydrogen) atoms. The van der Waals surface area contributed by atoms with Gasteiger partial charge in [-0.05, 0) is 27.2 Å². The number of ether oxygens (including phenoxy) is 1. The highest BCUT2D eigenvalue weighted by atomic mass is 16.6. The van der Waals surface area contributed by atoms with Crippen LogP contribution in [-0.4, -0.2) is 30.8 Å². The van der Waals surface area contributed by atoms with Gasteiger partial charge in [0.15, 0.2) is 0 Å². The average Bonchev–Trinajstić information content (AvgIpc) is 2.12. The molecule has 0 aromatic rings. The van der Waals surface area contributed by atoms with E-state index in [1.165, 1.54) is 6.42 Å². The fourth-order valence-corrected chi connectivity index (χ4v) is 2.35. The normalized spacial score (nSPS) is 34.2. The molecule has 0 aromatic carbocycles. The van der Waals surface area contributed by atoms with Crippen molar-refractivity contribution < 1.29 is 9.53 Å². The Hall–Kier alpha value is -0.770. The van der Waals surface area contributed by atoms with E-state index in [1.54, 1.807) is 0 Å². The summed E-state index contributed by atoms with van der Waals surface area (Å²) < 4.78 is 5.44. The molecule has 1 amide bonds. The van der Waals surface area contributed by atoms with E-state index in [-0.39, 0.29) is 17.7 Å². The Kier molecular flexibility index (Phi) is 2.63. The van der Waals surface area contributed by atoms with E-state index in [1.807, 2.05) is 20.8 Å². The number of fused-ring (bicyclic) bond motifs is 2. The molecule has 2 unspecified atom stereocenters. The van der Waals surface area contributed by atoms with E-state index in [0.717, 1.165) is 13.1 Å². The molecule has 3 rings (SSSR count). The minimum atomic E-state index is -0.274. The molecular weight excluding hydrogens is 192 g/mol. The number of carbonyl (C=O) groups excluding carboxylic acids is 1. The fourth-order valence-electron chi connectivity index (χ4n) is 2.35. The highest BCUT2D eigenvalue weighted by Crippen LogP contribution is 2.38. The molecule has 2 heterocycles. The summed E-state index contributed by atoms with van der Waals surface area (Å²) in [4.78, 5) is 11.5. The first-order chi connectivity index (χ1) is 6.96. The lowest BCUT2D eigenvalue weighted by atomic mass is 9.69. The number of hydrogen-bond donors (Lipinski definition) is 2. The maximum Gasteiger partial charge on any atom is 0.407 e. The molecule has 3 fully saturated rings. The summed E-state index contributed by atoms with van der Waals surface area (Å²) in [6.45, 7) is 7.85. The van der Waals surface area contributed by atoms with Crippen LogP contribution >= 0.6 is 0 Å². The van der Waals surface area contributed by atoms with Crippen molar-refractivity contribution in [1.29, 1.82) is 0 Å². The molecule has 2 bridgehead atoms. The van der Waals surface area contributed by atoms with Crippen LogP contribution in [0.25, 0.3) is 0 Å². The predicted octanol–water partition coefficient (Wildman–Crippen LogP) is 1.12. The van der Waals surface area contributed by atoms with Crippen LogP contribution in [0.5, 0.6) is 0 Å². The van der Waals surface area contributed by atoms with Crippen molar-refractivity contribution in [3.05, 3.63) is 0 Å². The van der Waals surface area contributed by atoms with Gasteiger partial charge in [-0.15, -0.1) is 0 Å². The van der Waals surface area contributed by atoms with Crippen LogP contribution in [0.2, 0.25) is 0 Å². The monoisotopic (exact) mass is 212 g/mol. The van der Waals surface area contributed by atoms with Gasteiger partial charge >= 0.3 is 6.09 Å². The number of piperidine rings is 2. The smallest absolute Gasteiger partial charge is 0.407 e. The first kappa shape index (κ1) is 10.7. The molecule has 0 spiro atoms. The van der Waals surface area contributed by atoms with Gasteiger partial charge in [0.1, 0.15) is 6.10 Å². The van der Waals surface area contributed by atoms with E-state index < -0.39 is 0 Å². The van der Waals surface area contributed by atoms with Crippen molar-refractivity contribution in [2.24, 2.45) is 11.8 Å². The molecule has 1 aliphatic carbocycles. The minimum absolute atomic E-state index is 0.147. The maximum absolute atomic E-state index is 11.5. The highest BCUT2D eigenvalue weighted by Gasteiger charge is 2.46. The summed E-state index contributed by atoms with van der Waals surface area (Å²) in [6.07, 6.45) is 1.08. The van der Waals surface area contributed by atoms with Crippen molar-refractivity contribution in [3.8, 4) is 0 Å². The number of alkyl carbamates (subject to hydrolysis) is 1. The standard InChI is InChI=1S/C11H20N2O2/c1-11(2,3)13-10(14)15-9-7-4-8(9)6-12-5-7/h7-9,12H,4-6H2,1-3H3,(H,13,14). The zero-order valence-electron chi connectivity index (χ0n) is 9.67. The van der Waals surface area contributed by atoms with Crippen molar-refractivity contribution in [2.75, 3.05) is 13.1 Å². The maximum atomic E-state index is 11.5. The molecule has 0 aromatic heterocycles. The van der Waals surface area contributed by atoms with E-state index in [0.29, 0.717) is 11.8 Å². The Morgan fingerprint density at radius 2 is 1.93 bits per heavy atom. The minimum Gasteiger partial charge on any atom is -0.446 e. The van der Waals surface area contributed by atoms with Gasteiger partial charge in [-0.1, -0.05) is 0 Å². The van der Waals surface area contributed by atoms with Gasteiger partial charge in [0.25, 0.3) is 0 Å². The van der Waals surface area contributed by atoms with Gasteiger partial charge in [0, 0.05) is 30.5 Å². The molecule has 4 nitrogen and oxygen atoms in total. The third-order valence-corrected chi connectivity index (χ3v) is 3.07. The zero-order chi connectivity index (χ0) is 11.1. The van der Waals surface area contributed by atoms with Crippen LogP contribution in [0, 0.1) is 11.8 Å². The Labute approximate surface area is 90.8 Å². The number of rotatable bonds is 1. The van der Waals surface area contributed by atoms with Gasteiger partial charge in [-0.3, -0.25) is 0 Å².